The maximum Gasteiger partial charge on any atom is 0.333 e. The molecule has 0 amide bonds. The van der Waals surface area contributed by atoms with Crippen molar-refractivity contribution in [3.63, 3.8) is 0 Å². The molecule has 0 bridgehead atoms. The lowest BCUT2D eigenvalue weighted by molar-refractivity contribution is -0.141. The van der Waals surface area contributed by atoms with Crippen LogP contribution in [-0.4, -0.2) is 223 Å². The van der Waals surface area contributed by atoms with Crippen molar-refractivity contribution in [1.29, 1.82) is 0 Å². The number of aliphatic hydroxyl groups excluding tert-OH is 7. The number of aliphatic hydroxyl groups is 7. The third-order valence-electron chi connectivity index (χ3n) is 7.49. The van der Waals surface area contributed by atoms with Gasteiger partial charge in [0.05, 0.1) is 46.2 Å². The van der Waals surface area contributed by atoms with E-state index in [4.69, 9.17) is 64.2 Å². The van der Waals surface area contributed by atoms with Gasteiger partial charge in [-0.25, -0.2) is 33.6 Å². The van der Waals surface area contributed by atoms with Gasteiger partial charge >= 0.3 is 41.8 Å². The molecule has 0 aliphatic rings. The molecule has 0 heterocycles. The molecule has 0 aromatic rings. The van der Waals surface area contributed by atoms with Crippen molar-refractivity contribution in [2.45, 2.75) is 242 Å². The van der Waals surface area contributed by atoms with Crippen molar-refractivity contribution in [3.05, 3.63) is 87.1 Å². The molecule has 25 nitrogen and oxygen atoms in total. The highest BCUT2D eigenvalue weighted by Gasteiger charge is 2.03. The van der Waals surface area contributed by atoms with Crippen LogP contribution in [0.5, 0.6) is 0 Å². The first-order valence-corrected chi connectivity index (χ1v) is 25.5. The maximum atomic E-state index is 10.8. The Morgan fingerprint density at radius 3 is 0.637 bits per heavy atom. The first-order valence-electron chi connectivity index (χ1n) is 25.5. The number of esters is 7. The van der Waals surface area contributed by atoms with E-state index < -0.39 is 41.8 Å². The Kier molecular flexibility index (Phi) is 324. The Hall–Kier alpha value is -5.97. The van der Waals surface area contributed by atoms with E-state index in [1.165, 1.54) is 0 Å². The highest BCUT2D eigenvalue weighted by molar-refractivity contribution is 5.87. The van der Waals surface area contributed by atoms with Crippen molar-refractivity contribution >= 4 is 41.8 Å². The lowest BCUT2D eigenvalue weighted by Crippen LogP contribution is -2.11. The first kappa shape index (κ1) is 193. The summed E-state index contributed by atoms with van der Waals surface area (Å²) < 4.78 is 52.8. The summed E-state index contributed by atoms with van der Waals surface area (Å²) in [5, 5.41) is 58.4. The highest BCUT2D eigenvalue weighted by atomic mass is 16.6. The number of carbonyl (C=O) groups excluding carboxylic acids is 7. The van der Waals surface area contributed by atoms with E-state index >= 15 is 0 Å². The van der Waals surface area contributed by atoms with Crippen LogP contribution in [0.4, 0.5) is 0 Å². The minimum absolute atomic E-state index is 0. The number of hydrogen-bond acceptors (Lipinski definition) is 25. The smallest absolute Gasteiger partial charge is 0.333 e. The molecule has 0 rings (SSSR count). The summed E-state index contributed by atoms with van der Waals surface area (Å²) in [6, 6.07) is 0. The molecule has 0 aromatic carbocycles. The molecule has 0 aliphatic carbocycles. The third kappa shape index (κ3) is 205. The van der Waals surface area contributed by atoms with Crippen molar-refractivity contribution in [2.75, 3.05) is 145 Å². The fourth-order valence-corrected chi connectivity index (χ4v) is 3.51. The minimum Gasteiger partial charge on any atom is -0.462 e. The van der Waals surface area contributed by atoms with Gasteiger partial charge in [0.2, 0.25) is 0 Å². The molecule has 0 saturated carbocycles. The van der Waals surface area contributed by atoms with Gasteiger partial charge in [0.15, 0.2) is 0 Å². The zero-order chi connectivity index (χ0) is 62.3. The molecule has 0 unspecified atom stereocenters. The Morgan fingerprint density at radius 1 is 0.225 bits per heavy atom. The summed E-state index contributed by atoms with van der Waals surface area (Å²) in [6.45, 7) is 34.1. The molecule has 0 radical (unpaired) electrons. The summed E-state index contributed by atoms with van der Waals surface area (Å²) in [4.78, 5) is 73.7. The quantitative estimate of drug-likeness (QED) is 0.0129. The van der Waals surface area contributed by atoms with Crippen LogP contribution >= 0.6 is 0 Å². The molecule has 0 aliphatic heterocycles. The molecule has 0 atom stereocenters. The van der Waals surface area contributed by atoms with Gasteiger partial charge in [-0.1, -0.05) is 209 Å². The van der Waals surface area contributed by atoms with E-state index in [2.05, 4.69) is 69.7 Å². The van der Waals surface area contributed by atoms with Crippen LogP contribution in [0.1, 0.15) is 242 Å². The fourth-order valence-electron chi connectivity index (χ4n) is 3.51. The normalized spacial score (nSPS) is 7.31. The number of carbonyl (C=O) groups is 7. The maximum absolute atomic E-state index is 10.8. The topological polar surface area (TPSA) is 363 Å². The largest absolute Gasteiger partial charge is 0.462 e. The van der Waals surface area contributed by atoms with Crippen molar-refractivity contribution < 1.29 is 121 Å². The number of rotatable bonds is 42. The second-order valence-corrected chi connectivity index (χ2v) is 14.9. The summed E-state index contributed by atoms with van der Waals surface area (Å²) in [5.41, 5.74) is 1.12. The molecular weight excluding hydrogens is 1320 g/mol. The summed E-state index contributed by atoms with van der Waals surface area (Å²) in [6.07, 6.45) is 10.5. The second kappa shape index (κ2) is 171. The Balaban J connectivity index is -0.0000000219. The first-order chi connectivity index (χ1) is 38.3. The molecular formula is C77H184O25. The fraction of sp³-hybridized carbons (Fsp3) is 0.727. The summed E-state index contributed by atoms with van der Waals surface area (Å²) in [7, 11) is 0. The van der Waals surface area contributed by atoms with Crippen LogP contribution in [0.15, 0.2) is 87.1 Å². The molecule has 102 heavy (non-hydrogen) atoms. The van der Waals surface area contributed by atoms with Gasteiger partial charge in [-0.05, 0) is 59.3 Å². The van der Waals surface area contributed by atoms with Gasteiger partial charge in [0.1, 0.15) is 26.4 Å². The Bertz CT molecular complexity index is 1590. The molecule has 25 heteroatoms. The van der Waals surface area contributed by atoms with Gasteiger partial charge in [0, 0.05) is 133 Å². The van der Waals surface area contributed by atoms with Crippen LogP contribution in [0.3, 0.4) is 0 Å². The Labute approximate surface area is 635 Å². The van der Waals surface area contributed by atoms with Gasteiger partial charge in [0.25, 0.3) is 0 Å². The van der Waals surface area contributed by atoms with Gasteiger partial charge in [-0.2, -0.15) is 0 Å². The molecule has 642 valence electrons. The SMILES string of the molecule is C.C.C.C.C.C.C.C.C.C.C.C.C.C.C.C.C.C.C.C.C.C.C=C(C)C(=O)OCCCO.C=C(C)C(=O)OCCO.C=C(C)C(=O)OCCOCCCO.C=CC(=O)OCCCO.C=CC(=O)OCCCOCCCCO.C=CC(=O)OCCOCCCCO.C=CC(=O)OCCOCCCO. The molecule has 0 saturated heterocycles. The van der Waals surface area contributed by atoms with Gasteiger partial charge in [-0.3, -0.25) is 0 Å². The summed E-state index contributed by atoms with van der Waals surface area (Å²) in [5.74, 6) is -2.96. The predicted octanol–water partition coefficient (Wildman–Crippen LogP) is 16.7. The average Bonchev–Trinajstić information content (AvgIpc) is 2.85. The number of unbranched alkanes of at least 4 members (excludes halogenated alkanes) is 2. The second-order valence-electron chi connectivity index (χ2n) is 14.9. The van der Waals surface area contributed by atoms with Crippen molar-refractivity contribution in [2.24, 2.45) is 0 Å². The lowest BCUT2D eigenvalue weighted by atomic mass is 10.3. The average molecular weight is 1510 g/mol. The van der Waals surface area contributed by atoms with Crippen LogP contribution in [0.2, 0.25) is 0 Å². The van der Waals surface area contributed by atoms with E-state index in [0.29, 0.717) is 108 Å². The molecule has 7 N–H and O–H groups in total. The Morgan fingerprint density at radius 2 is 0.402 bits per heavy atom. The minimum atomic E-state index is -0.455. The monoisotopic (exact) mass is 1510 g/mol. The molecule has 0 spiro atoms. The van der Waals surface area contributed by atoms with Crippen molar-refractivity contribution in [1.82, 2.24) is 0 Å². The zero-order valence-corrected chi connectivity index (χ0v) is 47.7. The van der Waals surface area contributed by atoms with E-state index in [9.17, 15) is 33.6 Å². The van der Waals surface area contributed by atoms with E-state index in [1.54, 1.807) is 20.8 Å². The zero-order valence-electron chi connectivity index (χ0n) is 47.7. The van der Waals surface area contributed by atoms with Gasteiger partial charge < -0.3 is 87.9 Å². The van der Waals surface area contributed by atoms with Crippen molar-refractivity contribution in [3.8, 4) is 0 Å². The standard InChI is InChI=1S/C10H18O4.2C9H16O4.C8H14O4.C7H12O3.2C6H10O3.22CH4/c1-2-10(12)14-9-5-8-13-7-4-3-6-11;1-8(2)9(11)13-7-6-12-5-3-4-10;1-2-9(11)13-8-7-12-6-4-3-5-10;1-2-8(10)12-7-6-11-5-3-4-9;1-6(2)7(9)10-5-3-4-8;1-5(2)6(8)9-4-3-7;1-2-6(8)9-5-3-4-7;;;;;;;;;;;;;;;;;;;;;;/h2,11H,1,3-9H2;10H,1,3-7H2,2H3;2,10H,1,3-8H2;2,9H,1,3-7H2;8H,1,3-5H2,2H3;7H,1,3-4H2,2H3;2,7H,1,3-5H2;22*1H4. The van der Waals surface area contributed by atoms with E-state index in [1.807, 2.05) is 0 Å². The highest BCUT2D eigenvalue weighted by Crippen LogP contribution is 1.95. The van der Waals surface area contributed by atoms with E-state index in [0.717, 1.165) is 50.0 Å². The van der Waals surface area contributed by atoms with E-state index in [-0.39, 0.29) is 249 Å². The predicted molar refractivity (Wildman–Crippen MR) is 444 cm³/mol. The number of hydrogen-bond donors (Lipinski definition) is 7. The third-order valence-corrected chi connectivity index (χ3v) is 7.49. The molecule has 0 aromatic heterocycles. The van der Waals surface area contributed by atoms with Crippen LogP contribution in [-0.2, 0) is 85.7 Å². The summed E-state index contributed by atoms with van der Waals surface area (Å²) >= 11 is 0. The van der Waals surface area contributed by atoms with Gasteiger partial charge in [-0.15, -0.1) is 0 Å². The van der Waals surface area contributed by atoms with Crippen LogP contribution in [0.25, 0.3) is 0 Å². The number of ether oxygens (including phenoxy) is 11. The lowest BCUT2D eigenvalue weighted by Gasteiger charge is -2.04. The van der Waals surface area contributed by atoms with Crippen LogP contribution < -0.4 is 0 Å². The molecule has 0 fully saturated rings. The van der Waals surface area contributed by atoms with Crippen LogP contribution in [0, 0.1) is 0 Å².